The Morgan fingerprint density at radius 1 is 0.933 bits per heavy atom. The lowest BCUT2D eigenvalue weighted by Crippen LogP contribution is -1.90. The number of anilines is 1. The van der Waals surface area contributed by atoms with Crippen LogP contribution in [0.3, 0.4) is 0 Å². The molecule has 0 amide bonds. The molecular weight excluding hydrogens is 184 g/mol. The van der Waals surface area contributed by atoms with Gasteiger partial charge in [-0.25, -0.2) is 0 Å². The Bertz CT molecular complexity index is 349. The van der Waals surface area contributed by atoms with Gasteiger partial charge in [0.25, 0.3) is 0 Å². The van der Waals surface area contributed by atoms with Gasteiger partial charge in [-0.05, 0) is 30.2 Å². The Kier molecular flexibility index (Phi) is 3.34. The number of rotatable bonds is 0. The molecule has 2 nitrogen and oxygen atoms in total. The Balaban J connectivity index is 0.000000124. The number of para-hydroxylation sites is 1. The van der Waals surface area contributed by atoms with E-state index in [1.54, 1.807) is 12.4 Å². The second kappa shape index (κ2) is 5.15. The van der Waals surface area contributed by atoms with Crippen molar-refractivity contribution in [3.05, 3.63) is 60.4 Å². The average Bonchev–Trinajstić information content (AvgIpc) is 2.80. The largest absolute Gasteiger partial charge is 0.384 e. The van der Waals surface area contributed by atoms with Gasteiger partial charge in [0.2, 0.25) is 0 Å². The summed E-state index contributed by atoms with van der Waals surface area (Å²) in [6.45, 7) is 1.11. The topological polar surface area (TPSA) is 24.9 Å². The molecule has 0 spiro atoms. The summed E-state index contributed by atoms with van der Waals surface area (Å²) in [5.41, 5.74) is 2.77. The number of fused-ring (bicyclic) bond motifs is 1. The summed E-state index contributed by atoms with van der Waals surface area (Å²) < 4.78 is 0. The molecule has 1 aromatic heterocycles. The number of aromatic nitrogens is 1. The van der Waals surface area contributed by atoms with Crippen LogP contribution >= 0.6 is 0 Å². The summed E-state index contributed by atoms with van der Waals surface area (Å²) in [6, 6.07) is 14.2. The van der Waals surface area contributed by atoms with Crippen molar-refractivity contribution in [1.82, 2.24) is 4.98 Å². The second-order valence-electron chi connectivity index (χ2n) is 3.36. The van der Waals surface area contributed by atoms with E-state index in [0.717, 1.165) is 6.54 Å². The Labute approximate surface area is 90.0 Å². The highest BCUT2D eigenvalue weighted by Gasteiger charge is 2.05. The lowest BCUT2D eigenvalue weighted by atomic mass is 10.2. The number of nitrogens with one attached hydrogen (secondary N) is 1. The zero-order chi connectivity index (χ0) is 10.3. The number of nitrogens with zero attached hydrogens (tertiary/aromatic N) is 1. The molecule has 0 saturated heterocycles. The van der Waals surface area contributed by atoms with E-state index < -0.39 is 0 Å². The monoisotopic (exact) mass is 198 g/mol. The maximum atomic E-state index is 3.78. The molecule has 0 unspecified atom stereocenters. The SMILES string of the molecule is c1ccc2c(c1)CCN2.c1ccncc1. The average molecular weight is 198 g/mol. The van der Waals surface area contributed by atoms with Crippen LogP contribution in [0.25, 0.3) is 0 Å². The van der Waals surface area contributed by atoms with Gasteiger partial charge in [0.05, 0.1) is 0 Å². The fourth-order valence-corrected chi connectivity index (χ4v) is 1.56. The van der Waals surface area contributed by atoms with Crippen molar-refractivity contribution in [1.29, 1.82) is 0 Å². The highest BCUT2D eigenvalue weighted by Crippen LogP contribution is 2.19. The summed E-state index contributed by atoms with van der Waals surface area (Å²) >= 11 is 0. The number of hydrogen-bond acceptors (Lipinski definition) is 2. The van der Waals surface area contributed by atoms with Crippen molar-refractivity contribution in [3.8, 4) is 0 Å². The zero-order valence-electron chi connectivity index (χ0n) is 8.56. The summed E-state index contributed by atoms with van der Waals surface area (Å²) in [6.07, 6.45) is 4.69. The molecule has 3 rings (SSSR count). The highest BCUT2D eigenvalue weighted by molar-refractivity contribution is 5.54. The minimum absolute atomic E-state index is 1.11. The van der Waals surface area contributed by atoms with Crippen molar-refractivity contribution in [3.63, 3.8) is 0 Å². The van der Waals surface area contributed by atoms with Crippen molar-refractivity contribution in [2.45, 2.75) is 6.42 Å². The first kappa shape index (κ1) is 9.71. The Morgan fingerprint density at radius 2 is 1.73 bits per heavy atom. The maximum absolute atomic E-state index is 3.78. The van der Waals surface area contributed by atoms with Crippen LogP contribution in [0.4, 0.5) is 5.69 Å². The van der Waals surface area contributed by atoms with Crippen LogP contribution < -0.4 is 5.32 Å². The van der Waals surface area contributed by atoms with E-state index >= 15 is 0 Å². The lowest BCUT2D eigenvalue weighted by Gasteiger charge is -1.94. The van der Waals surface area contributed by atoms with E-state index in [-0.39, 0.29) is 0 Å². The lowest BCUT2D eigenvalue weighted by molar-refractivity contribution is 1.11. The molecule has 0 bridgehead atoms. The van der Waals surface area contributed by atoms with Gasteiger partial charge >= 0.3 is 0 Å². The molecule has 0 aliphatic carbocycles. The fraction of sp³-hybridized carbons (Fsp3) is 0.154. The van der Waals surface area contributed by atoms with Crippen LogP contribution in [-0.4, -0.2) is 11.5 Å². The van der Waals surface area contributed by atoms with E-state index in [1.165, 1.54) is 17.7 Å². The molecule has 1 N–H and O–H groups in total. The Morgan fingerprint density at radius 3 is 2.33 bits per heavy atom. The molecule has 0 atom stereocenters. The summed E-state index contributed by atoms with van der Waals surface area (Å²) in [5, 5.41) is 3.30. The van der Waals surface area contributed by atoms with Crippen LogP contribution in [0, 0.1) is 0 Å². The molecule has 2 heteroatoms. The molecule has 1 aliphatic heterocycles. The van der Waals surface area contributed by atoms with E-state index in [9.17, 15) is 0 Å². The predicted molar refractivity (Wildman–Crippen MR) is 62.9 cm³/mol. The molecule has 0 fully saturated rings. The van der Waals surface area contributed by atoms with E-state index in [2.05, 4.69) is 34.6 Å². The van der Waals surface area contributed by atoms with Gasteiger partial charge < -0.3 is 5.32 Å². The van der Waals surface area contributed by atoms with Gasteiger partial charge in [-0.2, -0.15) is 0 Å². The number of hydrogen-bond donors (Lipinski definition) is 1. The van der Waals surface area contributed by atoms with Crippen LogP contribution in [0.5, 0.6) is 0 Å². The van der Waals surface area contributed by atoms with Crippen LogP contribution in [-0.2, 0) is 6.42 Å². The molecule has 1 aromatic carbocycles. The third-order valence-electron chi connectivity index (χ3n) is 2.29. The second-order valence-corrected chi connectivity index (χ2v) is 3.36. The summed E-state index contributed by atoms with van der Waals surface area (Å²) in [7, 11) is 0. The third-order valence-corrected chi connectivity index (χ3v) is 2.29. The molecule has 2 heterocycles. The van der Waals surface area contributed by atoms with Crippen LogP contribution in [0.1, 0.15) is 5.56 Å². The first-order valence-corrected chi connectivity index (χ1v) is 5.13. The van der Waals surface area contributed by atoms with Gasteiger partial charge in [-0.3, -0.25) is 4.98 Å². The Hall–Kier alpha value is -1.83. The highest BCUT2D eigenvalue weighted by atomic mass is 14.9. The van der Waals surface area contributed by atoms with Crippen LogP contribution in [0.15, 0.2) is 54.9 Å². The molecular formula is C13H14N2. The minimum atomic E-state index is 1.11. The van der Waals surface area contributed by atoms with Crippen molar-refractivity contribution < 1.29 is 0 Å². The molecule has 1 aliphatic rings. The first-order chi connectivity index (χ1) is 7.47. The smallest absolute Gasteiger partial charge is 0.0373 e. The van der Waals surface area contributed by atoms with Gasteiger partial charge in [0.15, 0.2) is 0 Å². The number of pyridine rings is 1. The summed E-state index contributed by atoms with van der Waals surface area (Å²) in [5.74, 6) is 0. The van der Waals surface area contributed by atoms with Crippen LogP contribution in [0.2, 0.25) is 0 Å². The molecule has 76 valence electrons. The van der Waals surface area contributed by atoms with E-state index in [4.69, 9.17) is 0 Å². The standard InChI is InChI=1S/C8H9N.C5H5N/c1-2-4-8-7(3-1)5-6-9-8;1-2-4-6-5-3-1/h1-4,9H,5-6H2;1-5H. The van der Waals surface area contributed by atoms with Crippen molar-refractivity contribution >= 4 is 5.69 Å². The zero-order valence-corrected chi connectivity index (χ0v) is 8.56. The molecule has 2 aromatic rings. The van der Waals surface area contributed by atoms with Gasteiger partial charge in [-0.1, -0.05) is 24.3 Å². The minimum Gasteiger partial charge on any atom is -0.384 e. The molecule has 0 saturated carbocycles. The normalized spacial score (nSPS) is 12.0. The predicted octanol–water partition coefficient (Wildman–Crippen LogP) is 2.74. The number of benzene rings is 1. The van der Waals surface area contributed by atoms with Crippen molar-refractivity contribution in [2.75, 3.05) is 11.9 Å². The van der Waals surface area contributed by atoms with Gasteiger partial charge in [0, 0.05) is 24.6 Å². The van der Waals surface area contributed by atoms with Gasteiger partial charge in [-0.15, -0.1) is 0 Å². The quantitative estimate of drug-likeness (QED) is 0.704. The van der Waals surface area contributed by atoms with E-state index in [0.29, 0.717) is 0 Å². The fourth-order valence-electron chi connectivity index (χ4n) is 1.56. The van der Waals surface area contributed by atoms with E-state index in [1.807, 2.05) is 18.2 Å². The molecule has 0 radical (unpaired) electrons. The van der Waals surface area contributed by atoms with Gasteiger partial charge in [0.1, 0.15) is 0 Å². The summed E-state index contributed by atoms with van der Waals surface area (Å²) in [4.78, 5) is 3.78. The molecule has 15 heavy (non-hydrogen) atoms. The van der Waals surface area contributed by atoms with Crippen molar-refractivity contribution in [2.24, 2.45) is 0 Å². The third kappa shape index (κ3) is 2.81. The first-order valence-electron chi connectivity index (χ1n) is 5.13. The maximum Gasteiger partial charge on any atom is 0.0373 e.